The second-order valence-electron chi connectivity index (χ2n) is 6.56. The van der Waals surface area contributed by atoms with Gasteiger partial charge in [0.25, 0.3) is 5.91 Å². The van der Waals surface area contributed by atoms with Crippen LogP contribution in [-0.4, -0.2) is 35.4 Å². The number of nitrogens with zero attached hydrogens (tertiary/aromatic N) is 5. The molecular formula is C20H21N7O. The first-order chi connectivity index (χ1) is 13.7. The zero-order valence-corrected chi connectivity index (χ0v) is 15.5. The van der Waals surface area contributed by atoms with E-state index in [1.165, 1.54) is 6.33 Å². The summed E-state index contributed by atoms with van der Waals surface area (Å²) in [4.78, 5) is 16.8. The van der Waals surface area contributed by atoms with Gasteiger partial charge >= 0.3 is 0 Å². The molecule has 0 aliphatic heterocycles. The number of carbonyl (C=O) groups is 1. The molecule has 2 N–H and O–H groups in total. The Morgan fingerprint density at radius 2 is 2.07 bits per heavy atom. The summed E-state index contributed by atoms with van der Waals surface area (Å²) in [5.74, 6) is -0.194. The largest absolute Gasteiger partial charge is 0.349 e. The van der Waals surface area contributed by atoms with Crippen molar-refractivity contribution in [1.82, 2.24) is 34.8 Å². The Hall–Kier alpha value is -3.68. The third-order valence-electron chi connectivity index (χ3n) is 4.65. The monoisotopic (exact) mass is 375 g/mol. The summed E-state index contributed by atoms with van der Waals surface area (Å²) in [6.07, 6.45) is 5.81. The van der Waals surface area contributed by atoms with Gasteiger partial charge in [0.15, 0.2) is 0 Å². The Balaban J connectivity index is 1.50. The summed E-state index contributed by atoms with van der Waals surface area (Å²) in [7, 11) is 1.94. The predicted octanol–water partition coefficient (Wildman–Crippen LogP) is 2.57. The van der Waals surface area contributed by atoms with Gasteiger partial charge < -0.3 is 9.88 Å². The zero-order valence-electron chi connectivity index (χ0n) is 15.5. The van der Waals surface area contributed by atoms with Crippen molar-refractivity contribution in [1.29, 1.82) is 0 Å². The van der Waals surface area contributed by atoms with E-state index in [-0.39, 0.29) is 11.9 Å². The maximum Gasteiger partial charge on any atom is 0.269 e. The highest BCUT2D eigenvalue weighted by Gasteiger charge is 2.18. The fraction of sp³-hybridized carbons (Fsp3) is 0.200. The molecule has 0 radical (unpaired) electrons. The van der Waals surface area contributed by atoms with Crippen LogP contribution in [-0.2, 0) is 13.6 Å². The molecule has 142 valence electrons. The third kappa shape index (κ3) is 3.85. The molecule has 3 aromatic heterocycles. The topological polar surface area (TPSA) is 93.4 Å². The minimum atomic E-state index is -0.194. The molecule has 28 heavy (non-hydrogen) atoms. The predicted molar refractivity (Wildman–Crippen MR) is 104 cm³/mol. The molecular weight excluding hydrogens is 354 g/mol. The van der Waals surface area contributed by atoms with Crippen LogP contribution in [0.4, 0.5) is 0 Å². The lowest BCUT2D eigenvalue weighted by atomic mass is 10.0. The first-order valence-corrected chi connectivity index (χ1v) is 9.06. The van der Waals surface area contributed by atoms with Crippen LogP contribution in [0.15, 0.2) is 67.4 Å². The lowest BCUT2D eigenvalue weighted by Crippen LogP contribution is -2.29. The van der Waals surface area contributed by atoms with Gasteiger partial charge in [-0.15, -0.1) is 0 Å². The molecule has 0 fully saturated rings. The minimum absolute atomic E-state index is 0.153. The maximum atomic E-state index is 12.8. The quantitative estimate of drug-likeness (QED) is 0.519. The number of aromatic amines is 1. The number of aromatic nitrogens is 6. The van der Waals surface area contributed by atoms with Crippen LogP contribution in [0.3, 0.4) is 0 Å². The molecule has 0 unspecified atom stereocenters. The van der Waals surface area contributed by atoms with Crippen molar-refractivity contribution in [3.05, 3.63) is 78.6 Å². The molecule has 0 saturated heterocycles. The van der Waals surface area contributed by atoms with Crippen molar-refractivity contribution < 1.29 is 4.79 Å². The Morgan fingerprint density at radius 1 is 1.21 bits per heavy atom. The van der Waals surface area contributed by atoms with E-state index in [1.807, 2.05) is 60.3 Å². The SMILES string of the molecule is Cn1cccc1-c1cc(C(=O)N[C@@H](CCn2cncn2)c2ccccc2)[nH]n1. The van der Waals surface area contributed by atoms with Crippen molar-refractivity contribution in [2.24, 2.45) is 7.05 Å². The standard InChI is InChI=1S/C20H21N7O/c1-26-10-5-8-19(26)17-12-18(25-24-17)20(28)23-16(15-6-3-2-4-7-15)9-11-27-14-21-13-22-27/h2-8,10,12-14,16H,9,11H2,1H3,(H,23,28)(H,24,25)/t16-/m0/s1. The molecule has 1 atom stereocenters. The Bertz CT molecular complexity index is 1030. The summed E-state index contributed by atoms with van der Waals surface area (Å²) in [5.41, 5.74) is 3.15. The molecule has 0 saturated carbocycles. The highest BCUT2D eigenvalue weighted by atomic mass is 16.2. The van der Waals surface area contributed by atoms with E-state index in [2.05, 4.69) is 25.6 Å². The van der Waals surface area contributed by atoms with Crippen LogP contribution in [0, 0.1) is 0 Å². The van der Waals surface area contributed by atoms with Crippen molar-refractivity contribution in [2.75, 3.05) is 0 Å². The molecule has 0 spiro atoms. The number of benzene rings is 1. The van der Waals surface area contributed by atoms with E-state index < -0.39 is 0 Å². The van der Waals surface area contributed by atoms with Crippen molar-refractivity contribution in [2.45, 2.75) is 19.0 Å². The summed E-state index contributed by atoms with van der Waals surface area (Å²) in [6.45, 7) is 0.650. The third-order valence-corrected chi connectivity index (χ3v) is 4.65. The summed E-state index contributed by atoms with van der Waals surface area (Å²) >= 11 is 0. The van der Waals surface area contributed by atoms with E-state index in [9.17, 15) is 4.79 Å². The molecule has 4 aromatic rings. The van der Waals surface area contributed by atoms with Gasteiger partial charge in [-0.05, 0) is 30.2 Å². The lowest BCUT2D eigenvalue weighted by molar-refractivity contribution is 0.0928. The Kier molecular flexibility index (Phi) is 5.01. The van der Waals surface area contributed by atoms with Crippen molar-refractivity contribution in [3.63, 3.8) is 0 Å². The normalized spacial score (nSPS) is 12.0. The summed E-state index contributed by atoms with van der Waals surface area (Å²) in [5, 5.41) is 14.4. The minimum Gasteiger partial charge on any atom is -0.349 e. The number of nitrogens with one attached hydrogen (secondary N) is 2. The van der Waals surface area contributed by atoms with Crippen LogP contribution >= 0.6 is 0 Å². The van der Waals surface area contributed by atoms with Gasteiger partial charge in [0.2, 0.25) is 0 Å². The summed E-state index contributed by atoms with van der Waals surface area (Å²) < 4.78 is 3.72. The first kappa shape index (κ1) is 17.7. The van der Waals surface area contributed by atoms with Crippen LogP contribution in [0.5, 0.6) is 0 Å². The molecule has 1 aromatic carbocycles. The number of hydrogen-bond donors (Lipinski definition) is 2. The molecule has 8 heteroatoms. The Labute approximate surface area is 162 Å². The smallest absolute Gasteiger partial charge is 0.269 e. The molecule has 1 amide bonds. The molecule has 8 nitrogen and oxygen atoms in total. The molecule has 0 bridgehead atoms. The fourth-order valence-electron chi connectivity index (χ4n) is 3.15. The number of carbonyl (C=O) groups excluding carboxylic acids is 1. The molecule has 0 aliphatic rings. The average molecular weight is 375 g/mol. The highest BCUT2D eigenvalue weighted by Crippen LogP contribution is 2.20. The van der Waals surface area contributed by atoms with Gasteiger partial charge in [0, 0.05) is 19.8 Å². The zero-order chi connectivity index (χ0) is 19.3. The van der Waals surface area contributed by atoms with E-state index >= 15 is 0 Å². The average Bonchev–Trinajstić information content (AvgIpc) is 3.47. The van der Waals surface area contributed by atoms with Gasteiger partial charge in [-0.3, -0.25) is 14.6 Å². The number of H-pyrrole nitrogens is 1. The number of amides is 1. The highest BCUT2D eigenvalue weighted by molar-refractivity contribution is 5.93. The molecule has 0 aliphatic carbocycles. The van der Waals surface area contributed by atoms with Crippen molar-refractivity contribution in [3.8, 4) is 11.4 Å². The first-order valence-electron chi connectivity index (χ1n) is 9.06. The van der Waals surface area contributed by atoms with Crippen molar-refractivity contribution >= 4 is 5.91 Å². The fourth-order valence-corrected chi connectivity index (χ4v) is 3.15. The van der Waals surface area contributed by atoms with Crippen LogP contribution in [0.1, 0.15) is 28.5 Å². The maximum absolute atomic E-state index is 12.8. The van der Waals surface area contributed by atoms with Gasteiger partial charge in [-0.25, -0.2) is 4.98 Å². The second-order valence-corrected chi connectivity index (χ2v) is 6.56. The molecule has 4 rings (SSSR count). The van der Waals surface area contributed by atoms with Crippen LogP contribution in [0.2, 0.25) is 0 Å². The number of rotatable bonds is 7. The number of aryl methyl sites for hydroxylation is 2. The Morgan fingerprint density at radius 3 is 2.79 bits per heavy atom. The van der Waals surface area contributed by atoms with Gasteiger partial charge in [0.05, 0.1) is 11.7 Å². The van der Waals surface area contributed by atoms with Crippen LogP contribution in [0.25, 0.3) is 11.4 Å². The van der Waals surface area contributed by atoms with E-state index in [4.69, 9.17) is 0 Å². The van der Waals surface area contributed by atoms with E-state index in [0.29, 0.717) is 18.7 Å². The molecule has 3 heterocycles. The van der Waals surface area contributed by atoms with Gasteiger partial charge in [0.1, 0.15) is 24.0 Å². The van der Waals surface area contributed by atoms with Gasteiger partial charge in [-0.2, -0.15) is 10.2 Å². The summed E-state index contributed by atoms with van der Waals surface area (Å²) in [6, 6.07) is 15.4. The van der Waals surface area contributed by atoms with Gasteiger partial charge in [-0.1, -0.05) is 30.3 Å². The number of hydrogen-bond acceptors (Lipinski definition) is 4. The van der Waals surface area contributed by atoms with Crippen LogP contribution < -0.4 is 5.32 Å². The van der Waals surface area contributed by atoms with E-state index in [0.717, 1.165) is 17.0 Å². The lowest BCUT2D eigenvalue weighted by Gasteiger charge is -2.18. The van der Waals surface area contributed by atoms with E-state index in [1.54, 1.807) is 17.1 Å². The second kappa shape index (κ2) is 7.91.